The van der Waals surface area contributed by atoms with Crippen molar-refractivity contribution in [3.8, 4) is 0 Å². The SMILES string of the molecule is O=C(O)c1cccc(F)c1NCCOC1CCCC1. The molecule has 19 heavy (non-hydrogen) atoms. The Morgan fingerprint density at radius 2 is 2.16 bits per heavy atom. The van der Waals surface area contributed by atoms with Crippen molar-refractivity contribution in [1.82, 2.24) is 0 Å². The zero-order chi connectivity index (χ0) is 13.7. The lowest BCUT2D eigenvalue weighted by Crippen LogP contribution is -2.17. The zero-order valence-corrected chi connectivity index (χ0v) is 10.7. The van der Waals surface area contributed by atoms with E-state index in [4.69, 9.17) is 9.84 Å². The van der Waals surface area contributed by atoms with E-state index in [1.807, 2.05) is 0 Å². The van der Waals surface area contributed by atoms with E-state index in [2.05, 4.69) is 5.32 Å². The number of aromatic carboxylic acids is 1. The van der Waals surface area contributed by atoms with Gasteiger partial charge >= 0.3 is 5.97 Å². The Balaban J connectivity index is 1.86. The molecule has 0 heterocycles. The van der Waals surface area contributed by atoms with E-state index in [0.29, 0.717) is 19.3 Å². The summed E-state index contributed by atoms with van der Waals surface area (Å²) in [4.78, 5) is 11.0. The topological polar surface area (TPSA) is 58.6 Å². The predicted molar refractivity (Wildman–Crippen MR) is 70.1 cm³/mol. The highest BCUT2D eigenvalue weighted by Crippen LogP contribution is 2.21. The fourth-order valence-corrected chi connectivity index (χ4v) is 2.34. The van der Waals surface area contributed by atoms with Gasteiger partial charge in [0, 0.05) is 6.54 Å². The van der Waals surface area contributed by atoms with Crippen LogP contribution in [0.15, 0.2) is 18.2 Å². The summed E-state index contributed by atoms with van der Waals surface area (Å²) < 4.78 is 19.2. The molecule has 1 aromatic carbocycles. The van der Waals surface area contributed by atoms with Crippen LogP contribution in [0, 0.1) is 5.82 Å². The quantitative estimate of drug-likeness (QED) is 0.778. The van der Waals surface area contributed by atoms with Gasteiger partial charge in [0.25, 0.3) is 0 Å². The third kappa shape index (κ3) is 3.67. The van der Waals surface area contributed by atoms with Gasteiger partial charge in [-0.05, 0) is 25.0 Å². The molecule has 0 amide bonds. The van der Waals surface area contributed by atoms with Crippen molar-refractivity contribution < 1.29 is 19.0 Å². The van der Waals surface area contributed by atoms with E-state index in [-0.39, 0.29) is 11.3 Å². The van der Waals surface area contributed by atoms with Gasteiger partial charge in [0.2, 0.25) is 0 Å². The predicted octanol–water partition coefficient (Wildman–Crippen LogP) is 2.90. The summed E-state index contributed by atoms with van der Waals surface area (Å²) in [5.41, 5.74) is -0.0223. The number of hydrogen-bond donors (Lipinski definition) is 2. The van der Waals surface area contributed by atoms with E-state index in [0.717, 1.165) is 12.8 Å². The van der Waals surface area contributed by atoms with Crippen molar-refractivity contribution in [3.05, 3.63) is 29.6 Å². The third-order valence-electron chi connectivity index (χ3n) is 3.30. The van der Waals surface area contributed by atoms with Crippen LogP contribution in [0.3, 0.4) is 0 Å². The number of nitrogens with one attached hydrogen (secondary N) is 1. The largest absolute Gasteiger partial charge is 0.478 e. The number of rotatable bonds is 6. The van der Waals surface area contributed by atoms with Crippen LogP contribution in [0.2, 0.25) is 0 Å². The van der Waals surface area contributed by atoms with Crippen LogP contribution in [0.5, 0.6) is 0 Å². The minimum absolute atomic E-state index is 0.0324. The first-order valence-electron chi connectivity index (χ1n) is 6.56. The Kier molecular flexibility index (Phi) is 4.74. The first kappa shape index (κ1) is 13.8. The number of para-hydroxylation sites is 1. The van der Waals surface area contributed by atoms with Crippen LogP contribution < -0.4 is 5.32 Å². The molecule has 0 bridgehead atoms. The van der Waals surface area contributed by atoms with Crippen molar-refractivity contribution >= 4 is 11.7 Å². The Bertz CT molecular complexity index is 444. The van der Waals surface area contributed by atoms with Gasteiger partial charge in [-0.25, -0.2) is 9.18 Å². The van der Waals surface area contributed by atoms with Crippen LogP contribution in [-0.4, -0.2) is 30.3 Å². The van der Waals surface area contributed by atoms with Crippen LogP contribution >= 0.6 is 0 Å². The molecule has 0 saturated heterocycles. The number of ether oxygens (including phenoxy) is 1. The highest BCUT2D eigenvalue weighted by Gasteiger charge is 2.16. The molecule has 0 unspecified atom stereocenters. The summed E-state index contributed by atoms with van der Waals surface area (Å²) in [5.74, 6) is -1.69. The molecule has 1 saturated carbocycles. The molecule has 4 nitrogen and oxygen atoms in total. The number of halogens is 1. The summed E-state index contributed by atoms with van der Waals surface area (Å²) in [6.45, 7) is 0.857. The van der Waals surface area contributed by atoms with Gasteiger partial charge in [0.15, 0.2) is 0 Å². The second-order valence-corrected chi connectivity index (χ2v) is 4.67. The van der Waals surface area contributed by atoms with Gasteiger partial charge in [-0.15, -0.1) is 0 Å². The molecule has 0 aliphatic heterocycles. The van der Waals surface area contributed by atoms with E-state index in [1.54, 1.807) is 0 Å². The molecule has 2 N–H and O–H groups in total. The third-order valence-corrected chi connectivity index (χ3v) is 3.30. The highest BCUT2D eigenvalue weighted by atomic mass is 19.1. The van der Waals surface area contributed by atoms with Crippen molar-refractivity contribution in [1.29, 1.82) is 0 Å². The van der Waals surface area contributed by atoms with Gasteiger partial charge in [0.1, 0.15) is 5.82 Å². The number of carboxylic acids is 1. The molecule has 1 aromatic rings. The van der Waals surface area contributed by atoms with E-state index < -0.39 is 11.8 Å². The lowest BCUT2D eigenvalue weighted by molar-refractivity contribution is 0.0655. The molecule has 0 spiro atoms. The summed E-state index contributed by atoms with van der Waals surface area (Å²) in [6, 6.07) is 4.01. The molecule has 1 aliphatic carbocycles. The Labute approximate surface area is 111 Å². The second kappa shape index (κ2) is 6.52. The van der Waals surface area contributed by atoms with Crippen molar-refractivity contribution in [3.63, 3.8) is 0 Å². The van der Waals surface area contributed by atoms with E-state index >= 15 is 0 Å². The standard InChI is InChI=1S/C14H18FNO3/c15-12-7-3-6-11(14(17)18)13(12)16-8-9-19-10-4-1-2-5-10/h3,6-7,10,16H,1-2,4-5,8-9H2,(H,17,18). The lowest BCUT2D eigenvalue weighted by Gasteiger charge is -2.13. The molecule has 0 atom stereocenters. The number of hydrogen-bond acceptors (Lipinski definition) is 3. The van der Waals surface area contributed by atoms with Gasteiger partial charge in [-0.3, -0.25) is 0 Å². The first-order valence-corrected chi connectivity index (χ1v) is 6.56. The fourth-order valence-electron chi connectivity index (χ4n) is 2.34. The van der Waals surface area contributed by atoms with Gasteiger partial charge in [-0.1, -0.05) is 18.9 Å². The molecule has 1 aliphatic rings. The molecular formula is C14H18FNO3. The maximum atomic E-state index is 13.6. The summed E-state index contributed by atoms with van der Waals surface area (Å²) >= 11 is 0. The fraction of sp³-hybridized carbons (Fsp3) is 0.500. The lowest BCUT2D eigenvalue weighted by atomic mass is 10.1. The van der Waals surface area contributed by atoms with E-state index in [9.17, 15) is 9.18 Å². The smallest absolute Gasteiger partial charge is 0.337 e. The maximum Gasteiger partial charge on any atom is 0.337 e. The number of carbonyl (C=O) groups is 1. The van der Waals surface area contributed by atoms with Crippen LogP contribution in [-0.2, 0) is 4.74 Å². The van der Waals surface area contributed by atoms with Crippen molar-refractivity contribution in [2.75, 3.05) is 18.5 Å². The van der Waals surface area contributed by atoms with Gasteiger partial charge < -0.3 is 15.2 Å². The molecule has 1 fully saturated rings. The molecule has 0 radical (unpaired) electrons. The van der Waals surface area contributed by atoms with Gasteiger partial charge in [0.05, 0.1) is 24.0 Å². The Morgan fingerprint density at radius 3 is 2.84 bits per heavy atom. The summed E-state index contributed by atoms with van der Waals surface area (Å²) in [7, 11) is 0. The Morgan fingerprint density at radius 1 is 1.42 bits per heavy atom. The number of carboxylic acid groups (broad SMARTS) is 1. The van der Waals surface area contributed by atoms with E-state index in [1.165, 1.54) is 31.0 Å². The molecule has 0 aromatic heterocycles. The molecular weight excluding hydrogens is 249 g/mol. The molecule has 2 rings (SSSR count). The minimum atomic E-state index is -1.14. The highest BCUT2D eigenvalue weighted by molar-refractivity contribution is 5.94. The number of anilines is 1. The molecule has 5 heteroatoms. The molecule has 104 valence electrons. The van der Waals surface area contributed by atoms with Gasteiger partial charge in [-0.2, -0.15) is 0 Å². The van der Waals surface area contributed by atoms with Crippen molar-refractivity contribution in [2.24, 2.45) is 0 Å². The second-order valence-electron chi connectivity index (χ2n) is 4.67. The first-order chi connectivity index (χ1) is 9.18. The maximum absolute atomic E-state index is 13.6. The van der Waals surface area contributed by atoms with Crippen LogP contribution in [0.4, 0.5) is 10.1 Å². The minimum Gasteiger partial charge on any atom is -0.478 e. The average molecular weight is 267 g/mol. The summed E-state index contributed by atoms with van der Waals surface area (Å²) in [6.07, 6.45) is 4.88. The average Bonchev–Trinajstić information content (AvgIpc) is 2.88. The summed E-state index contributed by atoms with van der Waals surface area (Å²) in [5, 5.41) is 11.8. The van der Waals surface area contributed by atoms with Crippen molar-refractivity contribution in [2.45, 2.75) is 31.8 Å². The Hall–Kier alpha value is -1.62. The zero-order valence-electron chi connectivity index (χ0n) is 10.7. The monoisotopic (exact) mass is 267 g/mol. The normalized spacial score (nSPS) is 15.6. The number of benzene rings is 1. The van der Waals surface area contributed by atoms with Crippen LogP contribution in [0.25, 0.3) is 0 Å². The van der Waals surface area contributed by atoms with Crippen LogP contribution in [0.1, 0.15) is 36.0 Å².